The Morgan fingerprint density at radius 2 is 1.93 bits per heavy atom. The maximum absolute atomic E-state index is 13.1. The summed E-state index contributed by atoms with van der Waals surface area (Å²) in [6.07, 6.45) is 6.31. The predicted octanol–water partition coefficient (Wildman–Crippen LogP) is 4.44. The van der Waals surface area contributed by atoms with E-state index in [0.29, 0.717) is 23.9 Å². The van der Waals surface area contributed by atoms with Crippen molar-refractivity contribution in [2.45, 2.75) is 36.6 Å². The summed E-state index contributed by atoms with van der Waals surface area (Å²) in [5, 5.41) is 4.49. The van der Waals surface area contributed by atoms with Gasteiger partial charge in [0, 0.05) is 17.6 Å². The van der Waals surface area contributed by atoms with E-state index in [9.17, 15) is 8.42 Å². The zero-order chi connectivity index (χ0) is 19.6. The second kappa shape index (κ2) is 8.15. The largest absolute Gasteiger partial charge is 0.491 e. The molecule has 1 aromatic heterocycles. The van der Waals surface area contributed by atoms with Crippen molar-refractivity contribution in [1.29, 1.82) is 0 Å². The van der Waals surface area contributed by atoms with Crippen molar-refractivity contribution in [3.8, 4) is 5.75 Å². The molecule has 1 N–H and O–H groups in total. The van der Waals surface area contributed by atoms with Gasteiger partial charge in [0.1, 0.15) is 17.3 Å². The summed E-state index contributed by atoms with van der Waals surface area (Å²) in [5.41, 5.74) is 0.575. The Hall–Kier alpha value is -2.02. The number of hydrogen-bond acceptors (Lipinski definition) is 4. The zero-order valence-corrected chi connectivity index (χ0v) is 17.0. The molecule has 1 saturated heterocycles. The van der Waals surface area contributed by atoms with Crippen LogP contribution in [0.1, 0.15) is 25.7 Å². The predicted molar refractivity (Wildman–Crippen MR) is 112 cm³/mol. The summed E-state index contributed by atoms with van der Waals surface area (Å²) in [4.78, 5) is 0.0862. The molecule has 5 nitrogen and oxygen atoms in total. The number of hydrogen-bond donors (Lipinski definition) is 1. The Morgan fingerprint density at radius 1 is 1.07 bits per heavy atom. The fourth-order valence-electron chi connectivity index (χ4n) is 3.64. The molecule has 0 aliphatic carbocycles. The quantitative estimate of drug-likeness (QED) is 0.665. The highest BCUT2D eigenvalue weighted by Gasteiger charge is 2.22. The molecule has 1 atom stereocenters. The van der Waals surface area contributed by atoms with Crippen LogP contribution in [0.4, 0.5) is 0 Å². The summed E-state index contributed by atoms with van der Waals surface area (Å²) >= 11 is 6.13. The van der Waals surface area contributed by atoms with Crippen LogP contribution < -0.4 is 10.1 Å². The van der Waals surface area contributed by atoms with E-state index in [2.05, 4.69) is 5.32 Å². The fourth-order valence-corrected chi connectivity index (χ4v) is 5.49. The summed E-state index contributed by atoms with van der Waals surface area (Å²) in [7, 11) is -3.79. The van der Waals surface area contributed by atoms with Crippen molar-refractivity contribution in [2.75, 3.05) is 13.2 Å². The third kappa shape index (κ3) is 3.77. The molecule has 7 heteroatoms. The van der Waals surface area contributed by atoms with Gasteiger partial charge < -0.3 is 10.1 Å². The molecular weight excluding hydrogens is 396 g/mol. The molecule has 4 rings (SSSR count). The minimum atomic E-state index is -3.79. The Labute approximate surface area is 170 Å². The first-order chi connectivity index (χ1) is 13.6. The highest BCUT2D eigenvalue weighted by molar-refractivity contribution is 7.90. The SMILES string of the molecule is O=S(=O)(c1ccccc1Cl)n1ccc2c(OCC3CCCCCN3)cccc21. The van der Waals surface area contributed by atoms with E-state index in [1.165, 1.54) is 29.3 Å². The molecule has 1 fully saturated rings. The number of rotatable bonds is 5. The Balaban J connectivity index is 1.64. The molecule has 3 aromatic rings. The summed E-state index contributed by atoms with van der Waals surface area (Å²) < 4.78 is 33.6. The van der Waals surface area contributed by atoms with Crippen LogP contribution in [-0.4, -0.2) is 31.6 Å². The third-order valence-electron chi connectivity index (χ3n) is 5.13. The average molecular weight is 419 g/mol. The lowest BCUT2D eigenvalue weighted by Crippen LogP contribution is -2.33. The van der Waals surface area contributed by atoms with Gasteiger partial charge in [-0.05, 0) is 49.7 Å². The molecule has 1 unspecified atom stereocenters. The van der Waals surface area contributed by atoms with Gasteiger partial charge in [0.15, 0.2) is 0 Å². The molecule has 0 amide bonds. The lowest BCUT2D eigenvalue weighted by Gasteiger charge is -2.17. The molecule has 1 aliphatic rings. The van der Waals surface area contributed by atoms with Crippen molar-refractivity contribution in [1.82, 2.24) is 9.29 Å². The highest BCUT2D eigenvalue weighted by Crippen LogP contribution is 2.31. The van der Waals surface area contributed by atoms with E-state index in [0.717, 1.165) is 18.4 Å². The molecule has 0 bridgehead atoms. The first-order valence-electron chi connectivity index (χ1n) is 9.54. The van der Waals surface area contributed by atoms with E-state index < -0.39 is 10.0 Å². The number of nitrogens with zero attached hydrogens (tertiary/aromatic N) is 1. The maximum Gasteiger partial charge on any atom is 0.269 e. The molecule has 2 aromatic carbocycles. The molecule has 0 radical (unpaired) electrons. The van der Waals surface area contributed by atoms with Crippen LogP contribution >= 0.6 is 11.6 Å². The van der Waals surface area contributed by atoms with E-state index in [-0.39, 0.29) is 9.92 Å². The van der Waals surface area contributed by atoms with Gasteiger partial charge in [0.25, 0.3) is 10.0 Å². The number of aromatic nitrogens is 1. The second-order valence-corrected chi connectivity index (χ2v) is 9.24. The highest BCUT2D eigenvalue weighted by atomic mass is 35.5. The van der Waals surface area contributed by atoms with E-state index >= 15 is 0 Å². The number of fused-ring (bicyclic) bond motifs is 1. The number of halogens is 1. The van der Waals surface area contributed by atoms with Crippen LogP contribution in [0, 0.1) is 0 Å². The van der Waals surface area contributed by atoms with Crippen molar-refractivity contribution in [3.63, 3.8) is 0 Å². The van der Waals surface area contributed by atoms with Gasteiger partial charge in [0.2, 0.25) is 0 Å². The Morgan fingerprint density at radius 3 is 2.79 bits per heavy atom. The first-order valence-corrected chi connectivity index (χ1v) is 11.4. The summed E-state index contributed by atoms with van der Waals surface area (Å²) in [5.74, 6) is 0.691. The average Bonchev–Trinajstić information content (AvgIpc) is 2.97. The van der Waals surface area contributed by atoms with Crippen LogP contribution in [0.5, 0.6) is 5.75 Å². The number of nitrogens with one attached hydrogen (secondary N) is 1. The van der Waals surface area contributed by atoms with Crippen molar-refractivity contribution < 1.29 is 13.2 Å². The third-order valence-corrected chi connectivity index (χ3v) is 7.32. The molecule has 0 spiro atoms. The van der Waals surface area contributed by atoms with Crippen LogP contribution in [0.3, 0.4) is 0 Å². The van der Waals surface area contributed by atoms with E-state index in [1.54, 1.807) is 36.5 Å². The first kappa shape index (κ1) is 19.3. The topological polar surface area (TPSA) is 60.3 Å². The molecule has 0 saturated carbocycles. The molecule has 28 heavy (non-hydrogen) atoms. The monoisotopic (exact) mass is 418 g/mol. The van der Waals surface area contributed by atoms with Crippen molar-refractivity contribution >= 4 is 32.5 Å². The van der Waals surface area contributed by atoms with Gasteiger partial charge in [-0.3, -0.25) is 0 Å². The normalized spacial score (nSPS) is 18.1. The van der Waals surface area contributed by atoms with Gasteiger partial charge in [-0.15, -0.1) is 0 Å². The van der Waals surface area contributed by atoms with Gasteiger partial charge in [0.05, 0.1) is 10.5 Å². The van der Waals surface area contributed by atoms with Gasteiger partial charge in [-0.1, -0.05) is 42.6 Å². The molecule has 148 valence electrons. The molecule has 1 aliphatic heterocycles. The van der Waals surface area contributed by atoms with Crippen LogP contribution in [0.15, 0.2) is 59.6 Å². The zero-order valence-electron chi connectivity index (χ0n) is 15.5. The minimum absolute atomic E-state index is 0.0862. The van der Waals surface area contributed by atoms with Gasteiger partial charge in [-0.2, -0.15) is 0 Å². The molecular formula is C21H23ClN2O3S. The Kier molecular flexibility index (Phi) is 5.62. The number of ether oxygens (including phenoxy) is 1. The van der Waals surface area contributed by atoms with Crippen LogP contribution in [0.2, 0.25) is 5.02 Å². The van der Waals surface area contributed by atoms with Crippen LogP contribution in [0.25, 0.3) is 10.9 Å². The van der Waals surface area contributed by atoms with E-state index in [4.69, 9.17) is 16.3 Å². The molecule has 2 heterocycles. The summed E-state index contributed by atoms with van der Waals surface area (Å²) in [6.45, 7) is 1.59. The van der Waals surface area contributed by atoms with Crippen molar-refractivity contribution in [2.24, 2.45) is 0 Å². The van der Waals surface area contributed by atoms with Crippen molar-refractivity contribution in [3.05, 3.63) is 59.8 Å². The lowest BCUT2D eigenvalue weighted by molar-refractivity contribution is 0.264. The van der Waals surface area contributed by atoms with E-state index in [1.807, 2.05) is 12.1 Å². The number of benzene rings is 2. The standard InChI is InChI=1S/C21H23ClN2O3S/c22-18-8-3-4-11-21(18)28(25,26)24-14-12-17-19(24)9-6-10-20(17)27-15-16-7-2-1-5-13-23-16/h3-4,6,8-12,14,16,23H,1-2,5,7,13,15H2. The lowest BCUT2D eigenvalue weighted by atomic mass is 10.1. The second-order valence-electron chi connectivity index (χ2n) is 7.05. The minimum Gasteiger partial charge on any atom is -0.491 e. The van der Waals surface area contributed by atoms with Crippen LogP contribution in [-0.2, 0) is 10.0 Å². The van der Waals surface area contributed by atoms with Gasteiger partial charge in [-0.25, -0.2) is 12.4 Å². The van der Waals surface area contributed by atoms with Gasteiger partial charge >= 0.3 is 0 Å². The maximum atomic E-state index is 13.1. The Bertz CT molecular complexity index is 1070. The smallest absolute Gasteiger partial charge is 0.269 e. The fraction of sp³-hybridized carbons (Fsp3) is 0.333. The summed E-state index contributed by atoms with van der Waals surface area (Å²) in [6, 6.07) is 14.0.